The normalized spacial score (nSPS) is 33.8. The number of aliphatic hydroxyl groups is 2. The third-order valence-electron chi connectivity index (χ3n) is 7.33. The maximum absolute atomic E-state index is 11.2. The molecule has 5 heteroatoms. The van der Waals surface area contributed by atoms with Crippen LogP contribution in [0, 0.1) is 17.8 Å². The number of ether oxygens (including phenoxy) is 2. The van der Waals surface area contributed by atoms with Crippen LogP contribution >= 0.6 is 0 Å². The number of esters is 1. The van der Waals surface area contributed by atoms with Crippen LogP contribution in [-0.4, -0.2) is 47.7 Å². The molecule has 0 bridgehead atoms. The van der Waals surface area contributed by atoms with Gasteiger partial charge >= 0.3 is 5.97 Å². The number of unbranched alkanes of at least 4 members (excludes halogenated alkanes) is 1. The number of aliphatic hydroxyl groups excluding tert-OH is 2. The van der Waals surface area contributed by atoms with Crippen molar-refractivity contribution < 1.29 is 24.5 Å². The van der Waals surface area contributed by atoms with Crippen LogP contribution in [-0.2, 0) is 14.3 Å². The van der Waals surface area contributed by atoms with E-state index in [2.05, 4.69) is 10.8 Å². The lowest BCUT2D eigenvalue weighted by molar-refractivity contribution is -0.140. The monoisotopic (exact) mass is 408 g/mol. The molecule has 1 heterocycles. The first-order chi connectivity index (χ1) is 14.1. The maximum atomic E-state index is 11.2. The van der Waals surface area contributed by atoms with Crippen LogP contribution in [0.2, 0.25) is 0 Å². The molecule has 3 fully saturated rings. The van der Waals surface area contributed by atoms with E-state index >= 15 is 0 Å². The highest BCUT2D eigenvalue weighted by molar-refractivity contribution is 5.68. The highest BCUT2D eigenvalue weighted by atomic mass is 16.5. The van der Waals surface area contributed by atoms with E-state index in [1.165, 1.54) is 39.2 Å². The smallest absolute Gasteiger partial charge is 0.305 e. The lowest BCUT2D eigenvalue weighted by Crippen LogP contribution is -2.19. The number of methoxy groups -OCH3 is 1. The molecule has 2 N–H and O–H groups in total. The highest BCUT2D eigenvalue weighted by Crippen LogP contribution is 2.45. The molecule has 5 nitrogen and oxygen atoms in total. The van der Waals surface area contributed by atoms with Crippen molar-refractivity contribution in [3.8, 4) is 0 Å². The summed E-state index contributed by atoms with van der Waals surface area (Å²) in [5.74, 6) is 1.07. The van der Waals surface area contributed by atoms with E-state index in [0.717, 1.165) is 44.4 Å². The van der Waals surface area contributed by atoms with Crippen molar-refractivity contribution in [2.45, 2.75) is 108 Å². The molecule has 1 aliphatic heterocycles. The Balaban J connectivity index is 1.39. The van der Waals surface area contributed by atoms with Crippen molar-refractivity contribution in [3.05, 3.63) is 12.2 Å². The molecule has 1 unspecified atom stereocenters. The average Bonchev–Trinajstić information content (AvgIpc) is 3.25. The maximum Gasteiger partial charge on any atom is 0.305 e. The molecule has 2 aliphatic carbocycles. The van der Waals surface area contributed by atoms with Crippen molar-refractivity contribution in [3.63, 3.8) is 0 Å². The van der Waals surface area contributed by atoms with Gasteiger partial charge in [-0.25, -0.2) is 0 Å². The number of rotatable bonds is 10. The van der Waals surface area contributed by atoms with Crippen molar-refractivity contribution in [1.82, 2.24) is 0 Å². The van der Waals surface area contributed by atoms with Gasteiger partial charge in [-0.05, 0) is 43.9 Å². The van der Waals surface area contributed by atoms with E-state index in [1.807, 2.05) is 6.08 Å². The van der Waals surface area contributed by atoms with Gasteiger partial charge in [0.15, 0.2) is 0 Å². The van der Waals surface area contributed by atoms with Crippen molar-refractivity contribution >= 4 is 5.97 Å². The van der Waals surface area contributed by atoms with Gasteiger partial charge in [0.2, 0.25) is 0 Å². The van der Waals surface area contributed by atoms with Gasteiger partial charge in [-0.2, -0.15) is 0 Å². The van der Waals surface area contributed by atoms with Gasteiger partial charge < -0.3 is 19.7 Å². The standard InChI is InChI=1S/C24H40O5/c1-28-24(27)10-6-5-9-19-15-21-20(22(26)16-23(21)29-19)14-13-18(25)12-11-17-7-3-2-4-8-17/h13-14,17-23,25-26H,2-12,15-16H2,1H3/t18-,19?,20+,21+,22+,23+/m0/s1. The molecule has 166 valence electrons. The predicted molar refractivity (Wildman–Crippen MR) is 112 cm³/mol. The summed E-state index contributed by atoms with van der Waals surface area (Å²) in [4.78, 5) is 11.2. The van der Waals surface area contributed by atoms with E-state index in [0.29, 0.717) is 18.8 Å². The fraction of sp³-hybridized carbons (Fsp3) is 0.875. The van der Waals surface area contributed by atoms with Gasteiger partial charge in [0.05, 0.1) is 31.5 Å². The Morgan fingerprint density at radius 2 is 1.97 bits per heavy atom. The summed E-state index contributed by atoms with van der Waals surface area (Å²) in [6, 6.07) is 0. The SMILES string of the molecule is COC(=O)CCCCC1C[C@@H]2[C@@H](C=C[C@@H](O)CCC3CCCCC3)[C@H](O)C[C@H]2O1. The predicted octanol–water partition coefficient (Wildman–Crippen LogP) is 4.15. The summed E-state index contributed by atoms with van der Waals surface area (Å²) in [6.45, 7) is 0. The molecule has 29 heavy (non-hydrogen) atoms. The Labute approximate surface area is 175 Å². The molecular formula is C24H40O5. The summed E-state index contributed by atoms with van der Waals surface area (Å²) in [5.41, 5.74) is 0. The summed E-state index contributed by atoms with van der Waals surface area (Å²) in [6.07, 6.45) is 17.1. The van der Waals surface area contributed by atoms with Gasteiger partial charge in [0.25, 0.3) is 0 Å². The first-order valence-corrected chi connectivity index (χ1v) is 11.8. The van der Waals surface area contributed by atoms with Crippen LogP contribution in [0.1, 0.15) is 83.5 Å². The highest BCUT2D eigenvalue weighted by Gasteiger charge is 2.47. The summed E-state index contributed by atoms with van der Waals surface area (Å²) >= 11 is 0. The Kier molecular flexibility index (Phi) is 9.01. The average molecular weight is 409 g/mol. The fourth-order valence-corrected chi connectivity index (χ4v) is 5.61. The second-order valence-electron chi connectivity index (χ2n) is 9.43. The van der Waals surface area contributed by atoms with Crippen LogP contribution in [0.5, 0.6) is 0 Å². The Morgan fingerprint density at radius 3 is 2.72 bits per heavy atom. The fourth-order valence-electron chi connectivity index (χ4n) is 5.61. The number of carbonyl (C=O) groups is 1. The van der Waals surface area contributed by atoms with Gasteiger partial charge in [-0.15, -0.1) is 0 Å². The zero-order valence-electron chi connectivity index (χ0n) is 18.0. The molecule has 0 aromatic carbocycles. The lowest BCUT2D eigenvalue weighted by atomic mass is 9.85. The molecular weight excluding hydrogens is 368 g/mol. The quantitative estimate of drug-likeness (QED) is 0.323. The summed E-state index contributed by atoms with van der Waals surface area (Å²) in [5, 5.41) is 20.9. The number of carbonyl (C=O) groups excluding carboxylic acids is 1. The Bertz CT molecular complexity index is 527. The van der Waals surface area contributed by atoms with Crippen molar-refractivity contribution in [2.75, 3.05) is 7.11 Å². The molecule has 0 amide bonds. The number of hydrogen-bond donors (Lipinski definition) is 2. The van der Waals surface area contributed by atoms with Gasteiger partial charge in [0.1, 0.15) is 0 Å². The van der Waals surface area contributed by atoms with E-state index in [1.54, 1.807) is 0 Å². The van der Waals surface area contributed by atoms with Crippen LogP contribution < -0.4 is 0 Å². The first kappa shape index (κ1) is 22.8. The molecule has 6 atom stereocenters. The Hall–Kier alpha value is -0.910. The van der Waals surface area contributed by atoms with Gasteiger partial charge in [-0.3, -0.25) is 4.79 Å². The van der Waals surface area contributed by atoms with E-state index < -0.39 is 6.10 Å². The molecule has 0 spiro atoms. The molecule has 0 radical (unpaired) electrons. The Morgan fingerprint density at radius 1 is 1.17 bits per heavy atom. The van der Waals surface area contributed by atoms with Crippen molar-refractivity contribution in [1.29, 1.82) is 0 Å². The molecule has 1 saturated heterocycles. The van der Waals surface area contributed by atoms with Crippen LogP contribution in [0.25, 0.3) is 0 Å². The van der Waals surface area contributed by atoms with Crippen molar-refractivity contribution in [2.24, 2.45) is 17.8 Å². The summed E-state index contributed by atoms with van der Waals surface area (Å²) < 4.78 is 10.9. The molecule has 3 rings (SSSR count). The third kappa shape index (κ3) is 6.80. The largest absolute Gasteiger partial charge is 0.469 e. The molecule has 3 aliphatic rings. The van der Waals surface area contributed by atoms with E-state index in [4.69, 9.17) is 4.74 Å². The minimum atomic E-state index is -0.403. The molecule has 2 saturated carbocycles. The van der Waals surface area contributed by atoms with Crippen LogP contribution in [0.15, 0.2) is 12.2 Å². The number of hydrogen-bond acceptors (Lipinski definition) is 5. The zero-order chi connectivity index (χ0) is 20.6. The van der Waals surface area contributed by atoms with Gasteiger partial charge in [0, 0.05) is 18.8 Å². The molecule has 0 aromatic heterocycles. The van der Waals surface area contributed by atoms with E-state index in [9.17, 15) is 15.0 Å². The van der Waals surface area contributed by atoms with Crippen LogP contribution in [0.4, 0.5) is 0 Å². The number of fused-ring (bicyclic) bond motifs is 1. The minimum Gasteiger partial charge on any atom is -0.469 e. The zero-order valence-corrected chi connectivity index (χ0v) is 18.0. The topological polar surface area (TPSA) is 76.0 Å². The van der Waals surface area contributed by atoms with E-state index in [-0.39, 0.29) is 30.2 Å². The molecule has 0 aromatic rings. The second kappa shape index (κ2) is 11.5. The minimum absolute atomic E-state index is 0.0874. The van der Waals surface area contributed by atoms with Crippen LogP contribution in [0.3, 0.4) is 0 Å². The van der Waals surface area contributed by atoms with Gasteiger partial charge in [-0.1, -0.05) is 50.7 Å². The first-order valence-electron chi connectivity index (χ1n) is 11.8. The lowest BCUT2D eigenvalue weighted by Gasteiger charge is -2.22. The third-order valence-corrected chi connectivity index (χ3v) is 7.33. The second-order valence-corrected chi connectivity index (χ2v) is 9.43. The summed E-state index contributed by atoms with van der Waals surface area (Å²) in [7, 11) is 1.43.